The van der Waals surface area contributed by atoms with E-state index in [-0.39, 0.29) is 23.6 Å². The quantitative estimate of drug-likeness (QED) is 0.830. The van der Waals surface area contributed by atoms with Gasteiger partial charge in [-0.25, -0.2) is 0 Å². The zero-order chi connectivity index (χ0) is 14.9. The molecule has 1 aromatic carbocycles. The van der Waals surface area contributed by atoms with Gasteiger partial charge in [0.2, 0.25) is 0 Å². The zero-order valence-electron chi connectivity index (χ0n) is 12.6. The highest BCUT2D eigenvalue weighted by Crippen LogP contribution is 2.44. The Morgan fingerprint density at radius 2 is 1.95 bits per heavy atom. The summed E-state index contributed by atoms with van der Waals surface area (Å²) < 4.78 is 0. The standard InChI is InChI=1S/C17H24O3/c1-11-8-15(14(12(2)19)9-16(11)20)13-4-6-17(3,10-18)7-5-13/h8-9,13,18,20H,4-7,10H2,1-3H3/t13-,17+. The molecule has 1 aromatic rings. The fourth-order valence-corrected chi connectivity index (χ4v) is 3.15. The van der Waals surface area contributed by atoms with E-state index in [4.69, 9.17) is 0 Å². The Morgan fingerprint density at radius 3 is 2.45 bits per heavy atom. The van der Waals surface area contributed by atoms with Crippen molar-refractivity contribution in [3.05, 3.63) is 28.8 Å². The summed E-state index contributed by atoms with van der Waals surface area (Å²) in [7, 11) is 0. The van der Waals surface area contributed by atoms with E-state index in [0.29, 0.717) is 11.5 Å². The highest BCUT2D eigenvalue weighted by molar-refractivity contribution is 5.96. The molecule has 2 rings (SSSR count). The Kier molecular flexibility index (Phi) is 4.19. The lowest BCUT2D eigenvalue weighted by Gasteiger charge is -2.36. The molecule has 2 N–H and O–H groups in total. The van der Waals surface area contributed by atoms with Gasteiger partial charge in [0.15, 0.2) is 5.78 Å². The molecule has 20 heavy (non-hydrogen) atoms. The molecule has 3 nitrogen and oxygen atoms in total. The topological polar surface area (TPSA) is 57.5 Å². The summed E-state index contributed by atoms with van der Waals surface area (Å²) in [5.41, 5.74) is 2.55. The first kappa shape index (κ1) is 15.0. The van der Waals surface area contributed by atoms with Crippen LogP contribution in [-0.2, 0) is 0 Å². The molecule has 110 valence electrons. The lowest BCUT2D eigenvalue weighted by molar-refractivity contribution is 0.0926. The second-order valence-corrected chi connectivity index (χ2v) is 6.53. The molecule has 0 radical (unpaired) electrons. The van der Waals surface area contributed by atoms with Crippen molar-refractivity contribution in [3.8, 4) is 5.75 Å². The van der Waals surface area contributed by atoms with Gasteiger partial charge in [-0.15, -0.1) is 0 Å². The number of phenols is 1. The first-order valence-electron chi connectivity index (χ1n) is 7.31. The van der Waals surface area contributed by atoms with Crippen LogP contribution in [0.5, 0.6) is 5.75 Å². The van der Waals surface area contributed by atoms with E-state index in [2.05, 4.69) is 6.92 Å². The number of carbonyl (C=O) groups is 1. The van der Waals surface area contributed by atoms with Crippen LogP contribution >= 0.6 is 0 Å². The van der Waals surface area contributed by atoms with Gasteiger partial charge in [0.25, 0.3) is 0 Å². The minimum atomic E-state index is 0.00536. The highest BCUT2D eigenvalue weighted by Gasteiger charge is 2.32. The van der Waals surface area contributed by atoms with Crippen molar-refractivity contribution in [1.82, 2.24) is 0 Å². The Balaban J connectivity index is 2.30. The van der Waals surface area contributed by atoms with Crippen LogP contribution < -0.4 is 0 Å². The molecule has 0 aliphatic heterocycles. The summed E-state index contributed by atoms with van der Waals surface area (Å²) in [6.45, 7) is 5.77. The monoisotopic (exact) mass is 276 g/mol. The van der Waals surface area contributed by atoms with Crippen molar-refractivity contribution in [3.63, 3.8) is 0 Å². The minimum absolute atomic E-state index is 0.00536. The lowest BCUT2D eigenvalue weighted by Crippen LogP contribution is -2.27. The Hall–Kier alpha value is -1.35. The summed E-state index contributed by atoms with van der Waals surface area (Å²) in [4.78, 5) is 11.8. The molecule has 3 heteroatoms. The van der Waals surface area contributed by atoms with Gasteiger partial charge in [-0.3, -0.25) is 4.79 Å². The maximum absolute atomic E-state index is 11.8. The van der Waals surface area contributed by atoms with E-state index in [9.17, 15) is 15.0 Å². The van der Waals surface area contributed by atoms with E-state index in [1.165, 1.54) is 0 Å². The fourth-order valence-electron chi connectivity index (χ4n) is 3.15. The molecule has 0 atom stereocenters. The zero-order valence-corrected chi connectivity index (χ0v) is 12.6. The average Bonchev–Trinajstić information content (AvgIpc) is 2.42. The van der Waals surface area contributed by atoms with Crippen LogP contribution in [0.1, 0.15) is 66.9 Å². The molecule has 1 aliphatic carbocycles. The van der Waals surface area contributed by atoms with Crippen molar-refractivity contribution < 1.29 is 15.0 Å². The van der Waals surface area contributed by atoms with E-state index in [1.54, 1.807) is 13.0 Å². The third-order valence-corrected chi connectivity index (χ3v) is 4.76. The van der Waals surface area contributed by atoms with Gasteiger partial charge in [0, 0.05) is 12.2 Å². The summed E-state index contributed by atoms with van der Waals surface area (Å²) in [5.74, 6) is 0.550. The van der Waals surface area contributed by atoms with Crippen LogP contribution in [0, 0.1) is 12.3 Å². The lowest BCUT2D eigenvalue weighted by atomic mass is 9.69. The number of aliphatic hydroxyl groups is 1. The van der Waals surface area contributed by atoms with Crippen molar-refractivity contribution in [2.24, 2.45) is 5.41 Å². The number of rotatable bonds is 3. The predicted octanol–water partition coefficient (Wildman–Crippen LogP) is 3.56. The van der Waals surface area contributed by atoms with Crippen LogP contribution in [-0.4, -0.2) is 22.6 Å². The molecule has 0 heterocycles. The third-order valence-electron chi connectivity index (χ3n) is 4.76. The van der Waals surface area contributed by atoms with Crippen LogP contribution in [0.25, 0.3) is 0 Å². The normalized spacial score (nSPS) is 26.5. The molecule has 0 spiro atoms. The van der Waals surface area contributed by atoms with Gasteiger partial charge < -0.3 is 10.2 Å². The summed E-state index contributed by atoms with van der Waals surface area (Å²) in [6, 6.07) is 3.56. The third kappa shape index (κ3) is 2.88. The second kappa shape index (κ2) is 5.57. The Bertz CT molecular complexity index is 511. The van der Waals surface area contributed by atoms with Gasteiger partial charge in [-0.05, 0) is 68.1 Å². The maximum Gasteiger partial charge on any atom is 0.160 e. The van der Waals surface area contributed by atoms with Crippen LogP contribution in [0.4, 0.5) is 0 Å². The largest absolute Gasteiger partial charge is 0.508 e. The molecule has 0 amide bonds. The Morgan fingerprint density at radius 1 is 1.35 bits per heavy atom. The predicted molar refractivity (Wildman–Crippen MR) is 79.3 cm³/mol. The molecule has 1 saturated carbocycles. The minimum Gasteiger partial charge on any atom is -0.508 e. The van der Waals surface area contributed by atoms with Gasteiger partial charge in [-0.2, -0.15) is 0 Å². The number of aliphatic hydroxyl groups excluding tert-OH is 1. The van der Waals surface area contributed by atoms with Crippen LogP contribution in [0.15, 0.2) is 12.1 Å². The Labute approximate surface area is 120 Å². The first-order valence-corrected chi connectivity index (χ1v) is 7.31. The molecular weight excluding hydrogens is 252 g/mol. The molecule has 0 bridgehead atoms. The average molecular weight is 276 g/mol. The van der Waals surface area contributed by atoms with Crippen molar-refractivity contribution in [2.75, 3.05) is 6.61 Å². The number of phenolic OH excluding ortho intramolecular Hbond substituents is 1. The first-order chi connectivity index (χ1) is 9.36. The van der Waals surface area contributed by atoms with Gasteiger partial charge in [-0.1, -0.05) is 13.0 Å². The number of Topliss-reactive ketones (excluding diaryl/α,β-unsaturated/α-hetero) is 1. The highest BCUT2D eigenvalue weighted by atomic mass is 16.3. The summed E-state index contributed by atoms with van der Waals surface area (Å²) in [6.07, 6.45) is 3.93. The molecular formula is C17H24O3. The SMILES string of the molecule is CC(=O)c1cc(O)c(C)cc1[C@H]1CC[C@@](C)(CO)CC1. The van der Waals surface area contributed by atoms with E-state index in [1.807, 2.05) is 13.0 Å². The van der Waals surface area contributed by atoms with Gasteiger partial charge in [0.05, 0.1) is 0 Å². The van der Waals surface area contributed by atoms with Crippen molar-refractivity contribution in [2.45, 2.75) is 52.4 Å². The van der Waals surface area contributed by atoms with Gasteiger partial charge >= 0.3 is 0 Å². The number of benzene rings is 1. The van der Waals surface area contributed by atoms with E-state index in [0.717, 1.165) is 36.8 Å². The van der Waals surface area contributed by atoms with Crippen molar-refractivity contribution in [1.29, 1.82) is 0 Å². The number of aromatic hydroxyl groups is 1. The fraction of sp³-hybridized carbons (Fsp3) is 0.588. The van der Waals surface area contributed by atoms with Crippen molar-refractivity contribution >= 4 is 5.78 Å². The molecule has 1 aliphatic rings. The summed E-state index contributed by atoms with van der Waals surface area (Å²) >= 11 is 0. The van der Waals surface area contributed by atoms with E-state index < -0.39 is 0 Å². The number of ketones is 1. The molecule has 0 unspecified atom stereocenters. The van der Waals surface area contributed by atoms with Crippen LogP contribution in [0.2, 0.25) is 0 Å². The number of hydrogen-bond donors (Lipinski definition) is 2. The van der Waals surface area contributed by atoms with Crippen LogP contribution in [0.3, 0.4) is 0 Å². The molecule has 1 fully saturated rings. The number of carbonyl (C=O) groups excluding carboxylic acids is 1. The smallest absolute Gasteiger partial charge is 0.160 e. The molecule has 0 aromatic heterocycles. The molecule has 0 saturated heterocycles. The number of aryl methyl sites for hydroxylation is 1. The second-order valence-electron chi connectivity index (χ2n) is 6.53. The van der Waals surface area contributed by atoms with Gasteiger partial charge in [0.1, 0.15) is 5.75 Å². The maximum atomic E-state index is 11.8. The number of hydrogen-bond acceptors (Lipinski definition) is 3. The van der Waals surface area contributed by atoms with E-state index >= 15 is 0 Å². The summed E-state index contributed by atoms with van der Waals surface area (Å²) in [5, 5.41) is 19.3.